The smallest absolute Gasteiger partial charge is 0.308 e. The Bertz CT molecular complexity index is 532. The van der Waals surface area contributed by atoms with E-state index in [4.69, 9.17) is 4.74 Å². The van der Waals surface area contributed by atoms with Crippen LogP contribution in [0.2, 0.25) is 0 Å². The summed E-state index contributed by atoms with van der Waals surface area (Å²) in [5.41, 5.74) is 1.14. The first-order chi connectivity index (χ1) is 10.2. The fourth-order valence-electron chi connectivity index (χ4n) is 3.34. The molecule has 1 aromatic heterocycles. The molecule has 114 valence electrons. The largest absolute Gasteiger partial charge is 0.469 e. The van der Waals surface area contributed by atoms with Gasteiger partial charge in [0, 0.05) is 43.9 Å². The van der Waals surface area contributed by atoms with Crippen LogP contribution in [0.5, 0.6) is 0 Å². The summed E-state index contributed by atoms with van der Waals surface area (Å²) in [6, 6.07) is 0. The standard InChI is InChI=1S/C15H21N3O3/c1-21-15(20)11-2-5-17(6-3-11)14(19)12-4-7-18-10-16-9-13(18)8-12/h9-12H,2-8H2,1H3. The van der Waals surface area contributed by atoms with E-state index in [1.165, 1.54) is 7.11 Å². The highest BCUT2D eigenvalue weighted by molar-refractivity contribution is 5.80. The number of fused-ring (bicyclic) bond motifs is 1. The Morgan fingerprint density at radius 1 is 1.19 bits per heavy atom. The van der Waals surface area contributed by atoms with Gasteiger partial charge in [0.15, 0.2) is 0 Å². The summed E-state index contributed by atoms with van der Waals surface area (Å²) in [5.74, 6) is 0.0881. The van der Waals surface area contributed by atoms with Crippen LogP contribution in [-0.2, 0) is 27.3 Å². The number of esters is 1. The summed E-state index contributed by atoms with van der Waals surface area (Å²) in [7, 11) is 1.42. The molecular formula is C15H21N3O3. The quantitative estimate of drug-likeness (QED) is 0.758. The molecule has 1 saturated heterocycles. The van der Waals surface area contributed by atoms with Crippen molar-refractivity contribution in [2.45, 2.75) is 32.2 Å². The number of nitrogens with zero attached hydrogens (tertiary/aromatic N) is 3. The van der Waals surface area contributed by atoms with Gasteiger partial charge < -0.3 is 14.2 Å². The van der Waals surface area contributed by atoms with Gasteiger partial charge in [0.1, 0.15) is 0 Å². The number of piperidine rings is 1. The number of ether oxygens (including phenoxy) is 1. The molecule has 21 heavy (non-hydrogen) atoms. The second-order valence-electron chi connectivity index (χ2n) is 5.89. The first kappa shape index (κ1) is 14.1. The van der Waals surface area contributed by atoms with Crippen molar-refractivity contribution >= 4 is 11.9 Å². The van der Waals surface area contributed by atoms with Gasteiger partial charge in [-0.05, 0) is 19.3 Å². The Morgan fingerprint density at radius 2 is 1.90 bits per heavy atom. The maximum atomic E-state index is 12.6. The van der Waals surface area contributed by atoms with E-state index >= 15 is 0 Å². The predicted octanol–water partition coefficient (Wildman–Crippen LogP) is 0.857. The van der Waals surface area contributed by atoms with Crippen molar-refractivity contribution in [2.75, 3.05) is 20.2 Å². The summed E-state index contributed by atoms with van der Waals surface area (Å²) >= 11 is 0. The van der Waals surface area contributed by atoms with E-state index in [-0.39, 0.29) is 23.7 Å². The number of carbonyl (C=O) groups is 2. The molecule has 6 nitrogen and oxygen atoms in total. The maximum absolute atomic E-state index is 12.6. The minimum Gasteiger partial charge on any atom is -0.469 e. The number of hydrogen-bond donors (Lipinski definition) is 0. The number of aromatic nitrogens is 2. The van der Waals surface area contributed by atoms with Crippen LogP contribution in [0, 0.1) is 11.8 Å². The van der Waals surface area contributed by atoms with Crippen LogP contribution in [0.15, 0.2) is 12.5 Å². The Kier molecular flexibility index (Phi) is 3.94. The third-order valence-electron chi connectivity index (χ3n) is 4.66. The molecule has 0 spiro atoms. The first-order valence-electron chi connectivity index (χ1n) is 7.54. The summed E-state index contributed by atoms with van der Waals surface area (Å²) in [4.78, 5) is 30.2. The molecule has 3 rings (SSSR count). The molecule has 6 heteroatoms. The highest BCUT2D eigenvalue weighted by Crippen LogP contribution is 2.25. The second-order valence-corrected chi connectivity index (χ2v) is 5.89. The van der Waals surface area contributed by atoms with E-state index in [1.807, 2.05) is 17.4 Å². The van der Waals surface area contributed by atoms with Crippen molar-refractivity contribution in [3.05, 3.63) is 18.2 Å². The third-order valence-corrected chi connectivity index (χ3v) is 4.66. The molecule has 0 saturated carbocycles. The lowest BCUT2D eigenvalue weighted by atomic mass is 9.92. The molecule has 0 radical (unpaired) electrons. The van der Waals surface area contributed by atoms with Gasteiger partial charge >= 0.3 is 5.97 Å². The monoisotopic (exact) mass is 291 g/mol. The van der Waals surface area contributed by atoms with Crippen molar-refractivity contribution in [3.63, 3.8) is 0 Å². The minimum absolute atomic E-state index is 0.0492. The van der Waals surface area contributed by atoms with Gasteiger partial charge in [-0.15, -0.1) is 0 Å². The average molecular weight is 291 g/mol. The number of hydrogen-bond acceptors (Lipinski definition) is 4. The van der Waals surface area contributed by atoms with Crippen molar-refractivity contribution in [1.29, 1.82) is 0 Å². The van der Waals surface area contributed by atoms with Gasteiger partial charge in [-0.3, -0.25) is 9.59 Å². The number of rotatable bonds is 2. The Morgan fingerprint density at radius 3 is 2.62 bits per heavy atom. The fourth-order valence-corrected chi connectivity index (χ4v) is 3.34. The molecule has 0 aliphatic carbocycles. The van der Waals surface area contributed by atoms with Crippen molar-refractivity contribution in [2.24, 2.45) is 11.8 Å². The Balaban J connectivity index is 1.57. The molecule has 0 N–H and O–H groups in total. The topological polar surface area (TPSA) is 64.4 Å². The van der Waals surface area contributed by atoms with Gasteiger partial charge in [-0.25, -0.2) is 4.98 Å². The van der Waals surface area contributed by atoms with Crippen LogP contribution in [0.25, 0.3) is 0 Å². The number of methoxy groups -OCH3 is 1. The zero-order valence-corrected chi connectivity index (χ0v) is 12.3. The molecule has 2 aliphatic rings. The number of aryl methyl sites for hydroxylation is 1. The molecule has 1 amide bonds. The highest BCUT2D eigenvalue weighted by Gasteiger charge is 2.32. The van der Waals surface area contributed by atoms with Crippen LogP contribution >= 0.6 is 0 Å². The van der Waals surface area contributed by atoms with Crippen LogP contribution in [-0.4, -0.2) is 46.5 Å². The molecule has 1 aromatic rings. The summed E-state index contributed by atoms with van der Waals surface area (Å²) in [5, 5.41) is 0. The molecule has 2 aliphatic heterocycles. The SMILES string of the molecule is COC(=O)C1CCN(C(=O)C2CCn3cncc3C2)CC1. The van der Waals surface area contributed by atoms with E-state index in [1.54, 1.807) is 0 Å². The zero-order valence-electron chi connectivity index (χ0n) is 12.3. The lowest BCUT2D eigenvalue weighted by Crippen LogP contribution is -2.44. The molecule has 1 unspecified atom stereocenters. The summed E-state index contributed by atoms with van der Waals surface area (Å²) in [6.07, 6.45) is 6.75. The lowest BCUT2D eigenvalue weighted by molar-refractivity contribution is -0.149. The highest BCUT2D eigenvalue weighted by atomic mass is 16.5. The Labute approximate surface area is 124 Å². The van der Waals surface area contributed by atoms with Crippen molar-refractivity contribution < 1.29 is 14.3 Å². The molecule has 3 heterocycles. The normalized spacial score (nSPS) is 22.7. The van der Waals surface area contributed by atoms with Crippen molar-refractivity contribution in [3.8, 4) is 0 Å². The number of amides is 1. The molecular weight excluding hydrogens is 270 g/mol. The first-order valence-corrected chi connectivity index (χ1v) is 7.54. The van der Waals surface area contributed by atoms with Crippen LogP contribution in [0.4, 0.5) is 0 Å². The van der Waals surface area contributed by atoms with E-state index < -0.39 is 0 Å². The van der Waals surface area contributed by atoms with Gasteiger partial charge in [-0.2, -0.15) is 0 Å². The average Bonchev–Trinajstić information content (AvgIpc) is 3.01. The van der Waals surface area contributed by atoms with Crippen LogP contribution < -0.4 is 0 Å². The number of imidazole rings is 1. The van der Waals surface area contributed by atoms with Crippen LogP contribution in [0.1, 0.15) is 25.0 Å². The van der Waals surface area contributed by atoms with Gasteiger partial charge in [0.05, 0.1) is 19.4 Å². The zero-order chi connectivity index (χ0) is 14.8. The van der Waals surface area contributed by atoms with Gasteiger partial charge in [0.25, 0.3) is 0 Å². The van der Waals surface area contributed by atoms with E-state index in [0.717, 1.165) is 25.1 Å². The molecule has 0 aromatic carbocycles. The Hall–Kier alpha value is -1.85. The van der Waals surface area contributed by atoms with Gasteiger partial charge in [-0.1, -0.05) is 0 Å². The third kappa shape index (κ3) is 2.80. The van der Waals surface area contributed by atoms with E-state index in [9.17, 15) is 9.59 Å². The minimum atomic E-state index is -0.149. The van der Waals surface area contributed by atoms with Gasteiger partial charge in [0.2, 0.25) is 5.91 Å². The maximum Gasteiger partial charge on any atom is 0.308 e. The van der Waals surface area contributed by atoms with E-state index in [2.05, 4.69) is 9.55 Å². The number of carbonyl (C=O) groups excluding carboxylic acids is 2. The number of likely N-dealkylation sites (tertiary alicyclic amines) is 1. The summed E-state index contributed by atoms with van der Waals surface area (Å²) < 4.78 is 6.90. The van der Waals surface area contributed by atoms with Crippen molar-refractivity contribution in [1.82, 2.24) is 14.5 Å². The second kappa shape index (κ2) is 5.87. The molecule has 1 fully saturated rings. The fraction of sp³-hybridized carbons (Fsp3) is 0.667. The molecule has 1 atom stereocenters. The van der Waals surface area contributed by atoms with Crippen LogP contribution in [0.3, 0.4) is 0 Å². The summed E-state index contributed by atoms with van der Waals surface area (Å²) in [6.45, 7) is 2.19. The predicted molar refractivity (Wildman–Crippen MR) is 75.4 cm³/mol. The van der Waals surface area contributed by atoms with E-state index in [0.29, 0.717) is 25.9 Å². The molecule has 0 bridgehead atoms. The lowest BCUT2D eigenvalue weighted by Gasteiger charge is -2.34.